The average molecular weight is 343 g/mol. The van der Waals surface area contributed by atoms with Crippen molar-refractivity contribution in [3.8, 4) is 0 Å². The maximum Gasteiger partial charge on any atom is 0.278 e. The van der Waals surface area contributed by atoms with Crippen LogP contribution in [0.2, 0.25) is 0 Å². The minimum Gasteiger partial charge on any atom is -0.379 e. The van der Waals surface area contributed by atoms with Gasteiger partial charge in [0.1, 0.15) is 0 Å². The number of nitrogens with zero attached hydrogens (tertiary/aromatic N) is 3. The number of fused-ring (bicyclic) bond motifs is 1. The van der Waals surface area contributed by atoms with E-state index in [1.54, 1.807) is 0 Å². The van der Waals surface area contributed by atoms with E-state index >= 15 is 0 Å². The molecule has 1 aliphatic heterocycles. The fourth-order valence-electron chi connectivity index (χ4n) is 2.72. The summed E-state index contributed by atoms with van der Waals surface area (Å²) in [5.41, 5.74) is 2.19. The van der Waals surface area contributed by atoms with Gasteiger partial charge >= 0.3 is 0 Å². The third-order valence-electron chi connectivity index (χ3n) is 3.95. The normalized spacial score (nSPS) is 15.7. The van der Waals surface area contributed by atoms with E-state index in [1.807, 2.05) is 29.6 Å². The minimum atomic E-state index is -0.250. The number of hydrogen-bond donors (Lipinski definition) is 2. The Morgan fingerprint density at radius 3 is 3.04 bits per heavy atom. The second kappa shape index (κ2) is 6.68. The van der Waals surface area contributed by atoms with E-state index in [1.165, 1.54) is 11.3 Å². The Bertz CT molecular complexity index is 853. The van der Waals surface area contributed by atoms with Gasteiger partial charge < -0.3 is 4.74 Å². The number of carbonyl (C=O) groups excluding carboxylic acids is 1. The van der Waals surface area contributed by atoms with Crippen molar-refractivity contribution in [2.24, 2.45) is 0 Å². The van der Waals surface area contributed by atoms with E-state index in [2.05, 4.69) is 25.4 Å². The molecule has 0 radical (unpaired) electrons. The topological polar surface area (TPSA) is 83.1 Å². The Morgan fingerprint density at radius 2 is 2.17 bits per heavy atom. The molecule has 8 heteroatoms. The summed E-state index contributed by atoms with van der Waals surface area (Å²) in [4.78, 5) is 19.2. The standard InChI is InChI=1S/C16H17N5O2S/c22-15(14-12-3-1-2-4-13(12)19-20-14)18-16-17-11(10-24-16)9-21-5-7-23-8-6-21/h1-4,10H,5-9H2,(H,19,20)(H,17,18,22). The molecule has 0 bridgehead atoms. The largest absolute Gasteiger partial charge is 0.379 e. The summed E-state index contributed by atoms with van der Waals surface area (Å²) < 4.78 is 5.35. The fraction of sp³-hybridized carbons (Fsp3) is 0.312. The molecule has 3 heterocycles. The number of nitrogens with one attached hydrogen (secondary N) is 2. The van der Waals surface area contributed by atoms with Crippen molar-refractivity contribution in [1.29, 1.82) is 0 Å². The maximum absolute atomic E-state index is 12.4. The van der Waals surface area contributed by atoms with Crippen molar-refractivity contribution < 1.29 is 9.53 Å². The van der Waals surface area contributed by atoms with Gasteiger partial charge in [-0.05, 0) is 6.07 Å². The lowest BCUT2D eigenvalue weighted by molar-refractivity contribution is 0.0337. The average Bonchev–Trinajstić information content (AvgIpc) is 3.22. The molecule has 24 heavy (non-hydrogen) atoms. The van der Waals surface area contributed by atoms with E-state index in [0.29, 0.717) is 10.8 Å². The molecular formula is C16H17N5O2S. The molecule has 4 rings (SSSR count). The Hall–Kier alpha value is -2.29. The monoisotopic (exact) mass is 343 g/mol. The number of aromatic nitrogens is 3. The summed E-state index contributed by atoms with van der Waals surface area (Å²) in [5.74, 6) is -0.250. The fourth-order valence-corrected chi connectivity index (χ4v) is 3.41. The van der Waals surface area contributed by atoms with Crippen molar-refractivity contribution in [1.82, 2.24) is 20.1 Å². The molecule has 0 saturated carbocycles. The number of hydrogen-bond acceptors (Lipinski definition) is 6. The molecule has 0 unspecified atom stereocenters. The van der Waals surface area contributed by atoms with Crippen molar-refractivity contribution in [2.45, 2.75) is 6.54 Å². The first-order valence-corrected chi connectivity index (χ1v) is 8.66. The molecular weight excluding hydrogens is 326 g/mol. The van der Waals surface area contributed by atoms with Gasteiger partial charge in [0.25, 0.3) is 5.91 Å². The number of thiazole rings is 1. The highest BCUT2D eigenvalue weighted by atomic mass is 32.1. The number of anilines is 1. The Balaban J connectivity index is 1.44. The number of benzene rings is 1. The van der Waals surface area contributed by atoms with Crippen LogP contribution >= 0.6 is 11.3 Å². The number of rotatable bonds is 4. The summed E-state index contributed by atoms with van der Waals surface area (Å²) in [6, 6.07) is 7.56. The highest BCUT2D eigenvalue weighted by Crippen LogP contribution is 2.20. The van der Waals surface area contributed by atoms with Gasteiger partial charge in [-0.3, -0.25) is 20.1 Å². The lowest BCUT2D eigenvalue weighted by Gasteiger charge is -2.25. The van der Waals surface area contributed by atoms with Crippen molar-refractivity contribution >= 4 is 33.3 Å². The van der Waals surface area contributed by atoms with E-state index in [0.717, 1.165) is 49.4 Å². The number of aromatic amines is 1. The van der Waals surface area contributed by atoms with Gasteiger partial charge in [0.2, 0.25) is 0 Å². The molecule has 0 aliphatic carbocycles. The first kappa shape index (κ1) is 15.3. The molecule has 1 fully saturated rings. The van der Waals surface area contributed by atoms with Crippen molar-refractivity contribution in [2.75, 3.05) is 31.6 Å². The minimum absolute atomic E-state index is 0.250. The van der Waals surface area contributed by atoms with Crippen LogP contribution in [0.4, 0.5) is 5.13 Å². The lowest BCUT2D eigenvalue weighted by Crippen LogP contribution is -2.35. The number of morpholine rings is 1. The zero-order chi connectivity index (χ0) is 16.4. The van der Waals surface area contributed by atoms with E-state index in [4.69, 9.17) is 4.74 Å². The Morgan fingerprint density at radius 1 is 1.33 bits per heavy atom. The van der Waals surface area contributed by atoms with Crippen LogP contribution in [0.3, 0.4) is 0 Å². The first-order valence-electron chi connectivity index (χ1n) is 7.78. The first-order chi connectivity index (χ1) is 11.8. The molecule has 2 aromatic heterocycles. The van der Waals surface area contributed by atoms with Gasteiger partial charge in [-0.2, -0.15) is 5.10 Å². The number of carbonyl (C=O) groups is 1. The quantitative estimate of drug-likeness (QED) is 0.758. The smallest absolute Gasteiger partial charge is 0.278 e. The number of ether oxygens (including phenoxy) is 1. The van der Waals surface area contributed by atoms with Crippen LogP contribution in [0.5, 0.6) is 0 Å². The van der Waals surface area contributed by atoms with E-state index < -0.39 is 0 Å². The summed E-state index contributed by atoms with van der Waals surface area (Å²) in [5, 5.41) is 13.2. The predicted octanol–water partition coefficient (Wildman–Crippen LogP) is 2.10. The SMILES string of the molecule is O=C(Nc1nc(CN2CCOCC2)cs1)c1n[nH]c2ccccc12. The lowest BCUT2D eigenvalue weighted by atomic mass is 10.2. The highest BCUT2D eigenvalue weighted by molar-refractivity contribution is 7.14. The maximum atomic E-state index is 12.4. The summed E-state index contributed by atoms with van der Waals surface area (Å²) >= 11 is 1.43. The molecule has 0 spiro atoms. The summed E-state index contributed by atoms with van der Waals surface area (Å²) in [7, 11) is 0. The van der Waals surface area contributed by atoms with Gasteiger partial charge in [-0.25, -0.2) is 4.98 Å². The van der Waals surface area contributed by atoms with E-state index in [9.17, 15) is 4.79 Å². The van der Waals surface area contributed by atoms with E-state index in [-0.39, 0.29) is 5.91 Å². The third kappa shape index (κ3) is 3.16. The zero-order valence-electron chi connectivity index (χ0n) is 13.0. The highest BCUT2D eigenvalue weighted by Gasteiger charge is 2.16. The summed E-state index contributed by atoms with van der Waals surface area (Å²) in [6.45, 7) is 4.14. The number of amides is 1. The second-order valence-corrected chi connectivity index (χ2v) is 6.46. The number of H-pyrrole nitrogens is 1. The second-order valence-electron chi connectivity index (χ2n) is 5.60. The van der Waals surface area contributed by atoms with Crippen LogP contribution in [-0.2, 0) is 11.3 Å². The van der Waals surface area contributed by atoms with Crippen LogP contribution in [0, 0.1) is 0 Å². The molecule has 124 valence electrons. The van der Waals surface area contributed by atoms with Crippen LogP contribution in [-0.4, -0.2) is 52.3 Å². The molecule has 0 atom stereocenters. The zero-order valence-corrected chi connectivity index (χ0v) is 13.8. The van der Waals surface area contributed by atoms with Crippen LogP contribution in [0.15, 0.2) is 29.6 Å². The van der Waals surface area contributed by atoms with Crippen molar-refractivity contribution in [3.05, 3.63) is 41.0 Å². The molecule has 3 aromatic rings. The van der Waals surface area contributed by atoms with Crippen LogP contribution in [0.1, 0.15) is 16.2 Å². The molecule has 2 N–H and O–H groups in total. The summed E-state index contributed by atoms with van der Waals surface area (Å²) in [6.07, 6.45) is 0. The molecule has 7 nitrogen and oxygen atoms in total. The third-order valence-corrected chi connectivity index (χ3v) is 4.75. The Labute approximate surface area is 142 Å². The number of para-hydroxylation sites is 1. The van der Waals surface area contributed by atoms with Crippen LogP contribution < -0.4 is 5.32 Å². The van der Waals surface area contributed by atoms with Gasteiger partial charge in [0, 0.05) is 30.4 Å². The molecule has 1 aliphatic rings. The van der Waals surface area contributed by atoms with Crippen LogP contribution in [0.25, 0.3) is 10.9 Å². The molecule has 1 saturated heterocycles. The van der Waals surface area contributed by atoms with Crippen molar-refractivity contribution in [3.63, 3.8) is 0 Å². The van der Waals surface area contributed by atoms with Gasteiger partial charge in [-0.1, -0.05) is 18.2 Å². The molecule has 1 aromatic carbocycles. The molecule has 1 amide bonds. The van der Waals surface area contributed by atoms with Gasteiger partial charge in [0.05, 0.1) is 24.4 Å². The van der Waals surface area contributed by atoms with Gasteiger partial charge in [0.15, 0.2) is 10.8 Å². The van der Waals surface area contributed by atoms with Gasteiger partial charge in [-0.15, -0.1) is 11.3 Å². The Kier molecular flexibility index (Phi) is 4.24. The predicted molar refractivity (Wildman–Crippen MR) is 92.3 cm³/mol.